The van der Waals surface area contributed by atoms with Crippen molar-refractivity contribution in [2.75, 3.05) is 6.54 Å². The van der Waals surface area contributed by atoms with Gasteiger partial charge in [-0.15, -0.1) is 0 Å². The molecule has 0 bridgehead atoms. The van der Waals surface area contributed by atoms with Crippen LogP contribution in [0.1, 0.15) is 6.92 Å². The second kappa shape index (κ2) is 2.05. The van der Waals surface area contributed by atoms with Crippen LogP contribution in [0, 0.1) is 5.92 Å². The summed E-state index contributed by atoms with van der Waals surface area (Å²) in [5.41, 5.74) is 0. The molecule has 1 aliphatic heterocycles. The van der Waals surface area contributed by atoms with E-state index in [2.05, 4.69) is 10.6 Å². The number of rotatable bonds is 0. The van der Waals surface area contributed by atoms with E-state index in [1.165, 1.54) is 0 Å². The SMILES string of the molecule is C[C@H]1CNC(=O)NC1=O. The number of urea groups is 1. The maximum atomic E-state index is 10.6. The van der Waals surface area contributed by atoms with Crippen LogP contribution in [0.5, 0.6) is 0 Å². The summed E-state index contributed by atoms with van der Waals surface area (Å²) in [6, 6.07) is -0.391. The van der Waals surface area contributed by atoms with Crippen LogP contribution >= 0.6 is 0 Å². The molecule has 0 spiro atoms. The van der Waals surface area contributed by atoms with Gasteiger partial charge >= 0.3 is 6.03 Å². The molecule has 0 aromatic carbocycles. The van der Waals surface area contributed by atoms with Crippen molar-refractivity contribution in [1.29, 1.82) is 0 Å². The number of amides is 3. The Morgan fingerprint density at radius 2 is 2.22 bits per heavy atom. The van der Waals surface area contributed by atoms with Crippen LogP contribution in [-0.2, 0) is 4.79 Å². The molecule has 1 heterocycles. The highest BCUT2D eigenvalue weighted by Gasteiger charge is 2.20. The van der Waals surface area contributed by atoms with Gasteiger partial charge in [0.05, 0.1) is 5.92 Å². The average Bonchev–Trinajstić information content (AvgIpc) is 1.80. The summed E-state index contributed by atoms with van der Waals surface area (Å²) < 4.78 is 0. The fourth-order valence-electron chi connectivity index (χ4n) is 0.618. The zero-order valence-corrected chi connectivity index (χ0v) is 5.10. The number of carbonyl (C=O) groups excluding carboxylic acids is 2. The van der Waals surface area contributed by atoms with Gasteiger partial charge < -0.3 is 5.32 Å². The average molecular weight is 128 g/mol. The fraction of sp³-hybridized carbons (Fsp3) is 0.600. The van der Waals surface area contributed by atoms with Gasteiger partial charge in [-0.3, -0.25) is 10.1 Å². The lowest BCUT2D eigenvalue weighted by molar-refractivity contribution is -0.123. The molecule has 2 N–H and O–H groups in total. The highest BCUT2D eigenvalue weighted by atomic mass is 16.2. The summed E-state index contributed by atoms with van der Waals surface area (Å²) in [6.07, 6.45) is 0. The van der Waals surface area contributed by atoms with Gasteiger partial charge in [-0.05, 0) is 0 Å². The third-order valence-corrected chi connectivity index (χ3v) is 1.25. The van der Waals surface area contributed by atoms with E-state index in [-0.39, 0.29) is 11.8 Å². The zero-order chi connectivity index (χ0) is 6.85. The van der Waals surface area contributed by atoms with Crippen molar-refractivity contribution in [2.24, 2.45) is 5.92 Å². The molecule has 0 unspecified atom stereocenters. The third-order valence-electron chi connectivity index (χ3n) is 1.25. The highest BCUT2D eigenvalue weighted by Crippen LogP contribution is 1.95. The van der Waals surface area contributed by atoms with Gasteiger partial charge in [0, 0.05) is 6.54 Å². The van der Waals surface area contributed by atoms with Crippen molar-refractivity contribution in [1.82, 2.24) is 10.6 Å². The van der Waals surface area contributed by atoms with Crippen molar-refractivity contribution in [3.05, 3.63) is 0 Å². The van der Waals surface area contributed by atoms with Gasteiger partial charge in [0.25, 0.3) is 0 Å². The minimum atomic E-state index is -0.391. The van der Waals surface area contributed by atoms with Crippen LogP contribution in [-0.4, -0.2) is 18.5 Å². The smallest absolute Gasteiger partial charge is 0.321 e. The lowest BCUT2D eigenvalue weighted by atomic mass is 10.1. The van der Waals surface area contributed by atoms with E-state index in [1.807, 2.05) is 0 Å². The van der Waals surface area contributed by atoms with Gasteiger partial charge in [-0.25, -0.2) is 4.79 Å². The summed E-state index contributed by atoms with van der Waals surface area (Å²) in [4.78, 5) is 21.0. The van der Waals surface area contributed by atoms with Gasteiger partial charge in [0.2, 0.25) is 5.91 Å². The first kappa shape index (κ1) is 6.07. The maximum Gasteiger partial charge on any atom is 0.321 e. The van der Waals surface area contributed by atoms with Crippen LogP contribution in [0.3, 0.4) is 0 Å². The van der Waals surface area contributed by atoms with Crippen LogP contribution in [0.4, 0.5) is 4.79 Å². The Balaban J connectivity index is 2.54. The van der Waals surface area contributed by atoms with E-state index >= 15 is 0 Å². The first-order chi connectivity index (χ1) is 4.20. The second-order valence-electron chi connectivity index (χ2n) is 2.10. The minimum absolute atomic E-state index is 0.0947. The topological polar surface area (TPSA) is 58.2 Å². The monoisotopic (exact) mass is 128 g/mol. The maximum absolute atomic E-state index is 10.6. The number of carbonyl (C=O) groups is 2. The number of hydrogen-bond acceptors (Lipinski definition) is 2. The Morgan fingerprint density at radius 1 is 1.56 bits per heavy atom. The summed E-state index contributed by atoms with van der Waals surface area (Å²) in [5.74, 6) is -0.290. The Hall–Kier alpha value is -1.06. The Morgan fingerprint density at radius 3 is 2.67 bits per heavy atom. The first-order valence-corrected chi connectivity index (χ1v) is 2.79. The van der Waals surface area contributed by atoms with Crippen molar-refractivity contribution in [2.45, 2.75) is 6.92 Å². The predicted octanol–water partition coefficient (Wildman–Crippen LogP) is -0.538. The number of imide groups is 1. The molecule has 3 amide bonds. The van der Waals surface area contributed by atoms with E-state index in [0.717, 1.165) is 0 Å². The number of nitrogens with one attached hydrogen (secondary N) is 2. The molecule has 1 atom stereocenters. The molecule has 0 aromatic heterocycles. The van der Waals surface area contributed by atoms with Crippen LogP contribution in [0.2, 0.25) is 0 Å². The summed E-state index contributed by atoms with van der Waals surface area (Å²) in [7, 11) is 0. The molecule has 0 saturated carbocycles. The molecule has 1 rings (SSSR count). The molecular weight excluding hydrogens is 120 g/mol. The lowest BCUT2D eigenvalue weighted by Gasteiger charge is -2.17. The van der Waals surface area contributed by atoms with Crippen molar-refractivity contribution >= 4 is 11.9 Å². The van der Waals surface area contributed by atoms with Gasteiger partial charge in [0.1, 0.15) is 0 Å². The molecular formula is C5H8N2O2. The summed E-state index contributed by atoms with van der Waals surface area (Å²) >= 11 is 0. The van der Waals surface area contributed by atoms with E-state index in [9.17, 15) is 9.59 Å². The second-order valence-corrected chi connectivity index (χ2v) is 2.10. The van der Waals surface area contributed by atoms with Gasteiger partial charge in [0.15, 0.2) is 0 Å². The normalized spacial score (nSPS) is 27.0. The molecule has 4 nitrogen and oxygen atoms in total. The molecule has 1 aliphatic rings. The lowest BCUT2D eigenvalue weighted by Crippen LogP contribution is -2.51. The molecule has 9 heavy (non-hydrogen) atoms. The fourth-order valence-corrected chi connectivity index (χ4v) is 0.618. The largest absolute Gasteiger partial charge is 0.337 e. The summed E-state index contributed by atoms with van der Waals surface area (Å²) in [5, 5.41) is 4.63. The van der Waals surface area contributed by atoms with Gasteiger partial charge in [-0.1, -0.05) is 6.92 Å². The Labute approximate surface area is 52.6 Å². The van der Waals surface area contributed by atoms with Crippen molar-refractivity contribution < 1.29 is 9.59 Å². The van der Waals surface area contributed by atoms with E-state index in [4.69, 9.17) is 0 Å². The van der Waals surface area contributed by atoms with Crippen molar-refractivity contribution in [3.63, 3.8) is 0 Å². The standard InChI is InChI=1S/C5H8N2O2/c1-3-2-6-5(9)7-4(3)8/h3H,2H2,1H3,(H2,6,7,8,9)/t3-/m0/s1. The van der Waals surface area contributed by atoms with E-state index in [1.54, 1.807) is 6.92 Å². The van der Waals surface area contributed by atoms with Gasteiger partial charge in [-0.2, -0.15) is 0 Å². The third kappa shape index (κ3) is 1.19. The Kier molecular flexibility index (Phi) is 1.38. The molecule has 4 heteroatoms. The quantitative estimate of drug-likeness (QED) is 0.460. The molecule has 1 fully saturated rings. The molecule has 0 radical (unpaired) electrons. The van der Waals surface area contributed by atoms with Crippen LogP contribution < -0.4 is 10.6 Å². The predicted molar refractivity (Wildman–Crippen MR) is 30.7 cm³/mol. The molecule has 50 valence electrons. The first-order valence-electron chi connectivity index (χ1n) is 2.79. The molecule has 0 aliphatic carbocycles. The number of hydrogen-bond donors (Lipinski definition) is 2. The van der Waals surface area contributed by atoms with E-state index < -0.39 is 6.03 Å². The van der Waals surface area contributed by atoms with Crippen LogP contribution in [0.25, 0.3) is 0 Å². The molecule has 1 saturated heterocycles. The van der Waals surface area contributed by atoms with E-state index in [0.29, 0.717) is 6.54 Å². The zero-order valence-electron chi connectivity index (χ0n) is 5.10. The molecule has 0 aromatic rings. The highest BCUT2D eigenvalue weighted by molar-refractivity contribution is 5.97. The Bertz CT molecular complexity index is 155. The van der Waals surface area contributed by atoms with Crippen LogP contribution in [0.15, 0.2) is 0 Å². The summed E-state index contributed by atoms with van der Waals surface area (Å²) in [6.45, 7) is 2.21. The van der Waals surface area contributed by atoms with Crippen molar-refractivity contribution in [3.8, 4) is 0 Å². The minimum Gasteiger partial charge on any atom is -0.337 e.